The molecular formula is C16H24N2O2. The normalized spacial score (nSPS) is 15.2. The number of benzene rings is 1. The van der Waals surface area contributed by atoms with E-state index >= 15 is 0 Å². The molecule has 1 heterocycles. The lowest BCUT2D eigenvalue weighted by Gasteiger charge is -2.29. The molecule has 1 aliphatic heterocycles. The summed E-state index contributed by atoms with van der Waals surface area (Å²) in [6.45, 7) is 5.75. The van der Waals surface area contributed by atoms with Crippen molar-refractivity contribution in [2.75, 3.05) is 36.0 Å². The number of hydrogen-bond donors (Lipinski definition) is 1. The van der Waals surface area contributed by atoms with Crippen molar-refractivity contribution in [3.8, 4) is 0 Å². The van der Waals surface area contributed by atoms with Crippen molar-refractivity contribution in [2.24, 2.45) is 0 Å². The summed E-state index contributed by atoms with van der Waals surface area (Å²) in [6, 6.07) is 8.53. The molecule has 2 rings (SSSR count). The molecule has 4 nitrogen and oxygen atoms in total. The van der Waals surface area contributed by atoms with Crippen LogP contribution in [0.5, 0.6) is 0 Å². The number of nitrogens with zero attached hydrogens (tertiary/aromatic N) is 2. The summed E-state index contributed by atoms with van der Waals surface area (Å²) < 4.78 is 0. The number of anilines is 2. The molecule has 0 bridgehead atoms. The Morgan fingerprint density at radius 3 is 2.40 bits per heavy atom. The van der Waals surface area contributed by atoms with Crippen LogP contribution in [0.15, 0.2) is 24.3 Å². The Hall–Kier alpha value is -1.71. The summed E-state index contributed by atoms with van der Waals surface area (Å²) in [6.07, 6.45) is 4.08. The second kappa shape index (κ2) is 7.17. The molecule has 1 aromatic carbocycles. The maximum absolute atomic E-state index is 10.7. The second-order valence-corrected chi connectivity index (χ2v) is 5.29. The molecule has 1 N–H and O–H groups in total. The molecule has 0 amide bonds. The van der Waals surface area contributed by atoms with Gasteiger partial charge in [0.05, 0.1) is 6.42 Å². The van der Waals surface area contributed by atoms with Gasteiger partial charge in [0, 0.05) is 37.6 Å². The average Bonchev–Trinajstić information content (AvgIpc) is 2.49. The lowest BCUT2D eigenvalue weighted by Crippen LogP contribution is -2.29. The first-order valence-electron chi connectivity index (χ1n) is 7.52. The summed E-state index contributed by atoms with van der Waals surface area (Å²) >= 11 is 0. The molecule has 1 aromatic rings. The van der Waals surface area contributed by atoms with Gasteiger partial charge < -0.3 is 14.9 Å². The van der Waals surface area contributed by atoms with Crippen LogP contribution in [-0.2, 0) is 4.79 Å². The van der Waals surface area contributed by atoms with Crippen LogP contribution in [0.4, 0.5) is 11.4 Å². The topological polar surface area (TPSA) is 43.8 Å². The van der Waals surface area contributed by atoms with E-state index in [1.54, 1.807) is 0 Å². The first kappa shape index (κ1) is 14.7. The molecule has 20 heavy (non-hydrogen) atoms. The smallest absolute Gasteiger partial charge is 0.305 e. The molecule has 0 radical (unpaired) electrons. The van der Waals surface area contributed by atoms with Gasteiger partial charge in [0.25, 0.3) is 0 Å². The zero-order valence-corrected chi connectivity index (χ0v) is 12.2. The molecule has 1 aliphatic rings. The fraction of sp³-hybridized carbons (Fsp3) is 0.562. The van der Waals surface area contributed by atoms with Crippen LogP contribution in [-0.4, -0.2) is 37.3 Å². The summed E-state index contributed by atoms with van der Waals surface area (Å²) in [4.78, 5) is 15.2. The Morgan fingerprint density at radius 1 is 1.20 bits per heavy atom. The molecule has 0 aromatic heterocycles. The predicted molar refractivity (Wildman–Crippen MR) is 82.6 cm³/mol. The van der Waals surface area contributed by atoms with Crippen LogP contribution in [0.25, 0.3) is 0 Å². The van der Waals surface area contributed by atoms with Crippen LogP contribution in [0, 0.1) is 0 Å². The van der Waals surface area contributed by atoms with Gasteiger partial charge in [-0.3, -0.25) is 4.79 Å². The van der Waals surface area contributed by atoms with Gasteiger partial charge in [0.1, 0.15) is 0 Å². The maximum atomic E-state index is 10.7. The number of hydrogen-bond acceptors (Lipinski definition) is 3. The Morgan fingerprint density at radius 2 is 1.85 bits per heavy atom. The van der Waals surface area contributed by atoms with Crippen molar-refractivity contribution in [1.29, 1.82) is 0 Å². The van der Waals surface area contributed by atoms with Crippen molar-refractivity contribution in [3.63, 3.8) is 0 Å². The highest BCUT2D eigenvalue weighted by Gasteiger charge is 2.12. The van der Waals surface area contributed by atoms with Crippen LogP contribution in [0.1, 0.15) is 32.6 Å². The Balaban J connectivity index is 2.00. The number of aliphatic carboxylic acids is 1. The minimum Gasteiger partial charge on any atom is -0.481 e. The summed E-state index contributed by atoms with van der Waals surface area (Å²) in [5.74, 6) is -0.742. The van der Waals surface area contributed by atoms with Crippen LogP contribution >= 0.6 is 0 Å². The molecule has 0 saturated carbocycles. The van der Waals surface area contributed by atoms with Gasteiger partial charge in [-0.15, -0.1) is 0 Å². The van der Waals surface area contributed by atoms with E-state index in [2.05, 4.69) is 41.0 Å². The van der Waals surface area contributed by atoms with E-state index in [0.717, 1.165) is 25.3 Å². The fourth-order valence-electron chi connectivity index (χ4n) is 2.73. The van der Waals surface area contributed by atoms with E-state index in [-0.39, 0.29) is 6.42 Å². The SMILES string of the molecule is CCN(CCC(=O)O)c1ccc(N2CCCCC2)cc1. The lowest BCUT2D eigenvalue weighted by atomic mass is 10.1. The number of carboxylic acid groups (broad SMARTS) is 1. The van der Waals surface area contributed by atoms with Gasteiger partial charge in [-0.05, 0) is 50.5 Å². The molecule has 4 heteroatoms. The number of piperidine rings is 1. The minimum absolute atomic E-state index is 0.182. The largest absolute Gasteiger partial charge is 0.481 e. The van der Waals surface area contributed by atoms with Crippen molar-refractivity contribution in [1.82, 2.24) is 0 Å². The first-order chi connectivity index (χ1) is 9.70. The lowest BCUT2D eigenvalue weighted by molar-refractivity contribution is -0.136. The Bertz CT molecular complexity index is 425. The van der Waals surface area contributed by atoms with Gasteiger partial charge in [-0.2, -0.15) is 0 Å². The number of carboxylic acids is 1. The van der Waals surface area contributed by atoms with Crippen molar-refractivity contribution < 1.29 is 9.90 Å². The maximum Gasteiger partial charge on any atom is 0.305 e. The summed E-state index contributed by atoms with van der Waals surface area (Å²) in [7, 11) is 0. The Labute approximate surface area is 121 Å². The van der Waals surface area contributed by atoms with E-state index in [1.165, 1.54) is 24.9 Å². The summed E-state index contributed by atoms with van der Waals surface area (Å²) in [5, 5.41) is 8.79. The predicted octanol–water partition coefficient (Wildman–Crippen LogP) is 2.98. The highest BCUT2D eigenvalue weighted by atomic mass is 16.4. The van der Waals surface area contributed by atoms with Crippen molar-refractivity contribution in [2.45, 2.75) is 32.6 Å². The zero-order valence-electron chi connectivity index (χ0n) is 12.2. The van der Waals surface area contributed by atoms with Gasteiger partial charge in [0.15, 0.2) is 0 Å². The van der Waals surface area contributed by atoms with Gasteiger partial charge >= 0.3 is 5.97 Å². The third-order valence-corrected chi connectivity index (χ3v) is 3.91. The molecule has 110 valence electrons. The van der Waals surface area contributed by atoms with Gasteiger partial charge in [-0.1, -0.05) is 0 Å². The van der Waals surface area contributed by atoms with Crippen LogP contribution in [0.3, 0.4) is 0 Å². The van der Waals surface area contributed by atoms with E-state index in [9.17, 15) is 4.79 Å². The second-order valence-electron chi connectivity index (χ2n) is 5.29. The first-order valence-corrected chi connectivity index (χ1v) is 7.52. The van der Waals surface area contributed by atoms with E-state index in [4.69, 9.17) is 5.11 Å². The molecule has 0 unspecified atom stereocenters. The van der Waals surface area contributed by atoms with Crippen molar-refractivity contribution in [3.05, 3.63) is 24.3 Å². The quantitative estimate of drug-likeness (QED) is 0.867. The molecule has 0 atom stereocenters. The molecule has 1 saturated heterocycles. The monoisotopic (exact) mass is 276 g/mol. The van der Waals surface area contributed by atoms with Crippen LogP contribution < -0.4 is 9.80 Å². The van der Waals surface area contributed by atoms with Gasteiger partial charge in [0.2, 0.25) is 0 Å². The molecule has 0 spiro atoms. The van der Waals surface area contributed by atoms with Gasteiger partial charge in [-0.25, -0.2) is 0 Å². The zero-order chi connectivity index (χ0) is 14.4. The fourth-order valence-corrected chi connectivity index (χ4v) is 2.73. The third-order valence-electron chi connectivity index (χ3n) is 3.91. The van der Waals surface area contributed by atoms with Crippen molar-refractivity contribution >= 4 is 17.3 Å². The Kier molecular flexibility index (Phi) is 5.27. The van der Waals surface area contributed by atoms with Crippen LogP contribution in [0.2, 0.25) is 0 Å². The highest BCUT2D eigenvalue weighted by molar-refractivity contribution is 5.68. The minimum atomic E-state index is -0.742. The number of carbonyl (C=O) groups is 1. The number of rotatable bonds is 6. The van der Waals surface area contributed by atoms with E-state index in [1.807, 2.05) is 0 Å². The molecular weight excluding hydrogens is 252 g/mol. The summed E-state index contributed by atoms with van der Waals surface area (Å²) in [5.41, 5.74) is 2.39. The molecule has 0 aliphatic carbocycles. The standard InChI is InChI=1S/C16H24N2O2/c1-2-17(13-10-16(19)20)14-6-8-15(9-7-14)18-11-4-3-5-12-18/h6-9H,2-5,10-13H2,1H3,(H,19,20). The van der Waals surface area contributed by atoms with E-state index in [0.29, 0.717) is 6.54 Å². The third kappa shape index (κ3) is 3.89. The average molecular weight is 276 g/mol. The van der Waals surface area contributed by atoms with E-state index < -0.39 is 5.97 Å². The highest BCUT2D eigenvalue weighted by Crippen LogP contribution is 2.23. The molecule has 1 fully saturated rings.